The molecule has 0 saturated carbocycles. The van der Waals surface area contributed by atoms with E-state index in [1.54, 1.807) is 0 Å². The number of anilines is 4. The Morgan fingerprint density at radius 3 is 1.53 bits per heavy atom. The van der Waals surface area contributed by atoms with E-state index >= 15 is 17.6 Å². The second kappa shape index (κ2) is 19.5. The molecule has 79 heavy (non-hydrogen) atoms. The van der Waals surface area contributed by atoms with Gasteiger partial charge in [-0.1, -0.05) is 125 Å². The minimum Gasteiger partial charge on any atom is -0.509 e. The number of ether oxygens (including phenoxy) is 1. The molecule has 4 heterocycles. The van der Waals surface area contributed by atoms with Crippen LogP contribution in [0.4, 0.5) is 40.3 Å². The molecule has 394 valence electrons. The monoisotopic (exact) mass is 1220 g/mol. The fraction of sp³-hybridized carbons (Fsp3) is 0.118. The van der Waals surface area contributed by atoms with E-state index in [0.717, 1.165) is 84.1 Å². The third-order valence-electron chi connectivity index (χ3n) is 14.7. The van der Waals surface area contributed by atoms with Crippen LogP contribution in [-0.4, -0.2) is 14.1 Å². The zero-order valence-electron chi connectivity index (χ0n) is 43.9. The number of fused-ring (bicyclic) bond motifs is 7. The van der Waals surface area contributed by atoms with Gasteiger partial charge in [-0.05, 0) is 117 Å². The summed E-state index contributed by atoms with van der Waals surface area (Å²) in [7, 11) is 0. The van der Waals surface area contributed by atoms with Gasteiger partial charge >= 0.3 is 0 Å². The molecule has 6 nitrogen and oxygen atoms in total. The standard InChI is InChI=1S/C68H50F4N5O.Pt/c1-67(2,3)43-25-26-73-65(33-43)77-61-20-12-9-17-55(61)56-24-23-51(39-64(56)77)78-52-37-49(36-50(38-52)76-59-18-10-7-15-53(59)54-16-8-11-19-60(54)76)74-40-75(63-22-14-13-21-62(63)74)66-57(41-27-45(69)34-46(70)28-41)31-44(68(4,5)6)32-58(66)42-29-47(71)35-48(72)30-42;/h7-36,38,40H,1-6H3;/q-3;. The Labute approximate surface area is 470 Å². The molecule has 1 aliphatic heterocycles. The van der Waals surface area contributed by atoms with Gasteiger partial charge < -0.3 is 23.7 Å². The first-order valence-corrected chi connectivity index (χ1v) is 25.8. The third-order valence-corrected chi connectivity index (χ3v) is 14.7. The molecule has 0 spiro atoms. The Bertz CT molecular complexity index is 4230. The number of aromatic nitrogens is 3. The van der Waals surface area contributed by atoms with E-state index < -0.39 is 28.7 Å². The normalized spacial score (nSPS) is 12.7. The molecular weight excluding hydrogens is 1170 g/mol. The average molecular weight is 1220 g/mol. The number of hydrogen-bond acceptors (Lipinski definition) is 4. The van der Waals surface area contributed by atoms with Crippen molar-refractivity contribution in [3.8, 4) is 45.3 Å². The first kappa shape index (κ1) is 51.3. The molecule has 0 radical (unpaired) electrons. The first-order chi connectivity index (χ1) is 37.5. The minimum atomic E-state index is -0.767. The Morgan fingerprint density at radius 1 is 0.468 bits per heavy atom. The van der Waals surface area contributed by atoms with Gasteiger partial charge in [-0.25, -0.2) is 22.5 Å². The van der Waals surface area contributed by atoms with E-state index in [-0.39, 0.29) is 37.6 Å². The first-order valence-electron chi connectivity index (χ1n) is 25.8. The SMILES string of the molecule is CC(C)(C)c1ccnc(-n2c3[c-]c(Oc4[c-]c(N5[CH-]N(c6c(-c7cc(F)cc(F)c7)cc(C(C)(C)C)cc6-c6cc(F)cc(F)c6)c6ccccc65)cc(-n5c6ccccc6c6ccccc65)c4)ccc3c3ccccc32)c1.[Pt]. The van der Waals surface area contributed by atoms with Gasteiger partial charge in [0, 0.05) is 95.4 Å². The second-order valence-electron chi connectivity index (χ2n) is 22.0. The summed E-state index contributed by atoms with van der Waals surface area (Å²) >= 11 is 0. The van der Waals surface area contributed by atoms with Crippen LogP contribution in [0, 0.1) is 42.1 Å². The largest absolute Gasteiger partial charge is 0.509 e. The Kier molecular flexibility index (Phi) is 12.6. The van der Waals surface area contributed by atoms with Gasteiger partial charge in [0.25, 0.3) is 0 Å². The smallest absolute Gasteiger partial charge is 0.135 e. The van der Waals surface area contributed by atoms with Gasteiger partial charge in [-0.15, -0.1) is 42.4 Å². The number of rotatable bonds is 8. The molecule has 11 heteroatoms. The van der Waals surface area contributed by atoms with Crippen molar-refractivity contribution in [1.29, 1.82) is 0 Å². The van der Waals surface area contributed by atoms with Crippen molar-refractivity contribution in [2.45, 2.75) is 52.4 Å². The summed E-state index contributed by atoms with van der Waals surface area (Å²) in [5, 5.41) is 4.19. The molecule has 12 aromatic rings. The Morgan fingerprint density at radius 2 is 0.975 bits per heavy atom. The summed E-state index contributed by atoms with van der Waals surface area (Å²) in [6, 6.07) is 62.7. The quantitative estimate of drug-likeness (QED) is 0.112. The molecule has 13 rings (SSSR count). The molecule has 0 saturated heterocycles. The van der Waals surface area contributed by atoms with Crippen molar-refractivity contribution in [3.05, 3.63) is 241 Å². The van der Waals surface area contributed by atoms with Crippen LogP contribution in [-0.2, 0) is 31.9 Å². The maximum atomic E-state index is 15.4. The molecule has 0 atom stereocenters. The molecule has 0 fully saturated rings. The zero-order chi connectivity index (χ0) is 53.8. The fourth-order valence-electron chi connectivity index (χ4n) is 11.0. The summed E-state index contributed by atoms with van der Waals surface area (Å²) in [6.07, 6.45) is 1.85. The van der Waals surface area contributed by atoms with Gasteiger partial charge in [0.1, 0.15) is 29.1 Å². The zero-order valence-corrected chi connectivity index (χ0v) is 46.2. The predicted molar refractivity (Wildman–Crippen MR) is 307 cm³/mol. The van der Waals surface area contributed by atoms with Crippen LogP contribution < -0.4 is 14.5 Å². The fourth-order valence-corrected chi connectivity index (χ4v) is 11.0. The van der Waals surface area contributed by atoms with Crippen LogP contribution in [0.3, 0.4) is 0 Å². The maximum absolute atomic E-state index is 15.4. The molecule has 1 aliphatic rings. The van der Waals surface area contributed by atoms with Gasteiger partial charge in [0.2, 0.25) is 0 Å². The van der Waals surface area contributed by atoms with Crippen LogP contribution in [0.25, 0.3) is 77.4 Å². The van der Waals surface area contributed by atoms with Gasteiger partial charge in [-0.3, -0.25) is 0 Å². The molecule has 0 aliphatic carbocycles. The molecule has 0 amide bonds. The number of hydrogen-bond donors (Lipinski definition) is 0. The number of benzene rings is 9. The van der Waals surface area contributed by atoms with Crippen molar-refractivity contribution >= 4 is 66.4 Å². The summed E-state index contributed by atoms with van der Waals surface area (Å²) < 4.78 is 73.1. The Balaban J connectivity index is 0.00000623. The molecule has 0 unspecified atom stereocenters. The molecule has 0 N–H and O–H groups in total. The summed E-state index contributed by atoms with van der Waals surface area (Å²) in [4.78, 5) is 8.80. The van der Waals surface area contributed by atoms with Crippen molar-refractivity contribution in [1.82, 2.24) is 14.1 Å². The number of pyridine rings is 1. The molecule has 9 aromatic carbocycles. The summed E-state index contributed by atoms with van der Waals surface area (Å²) in [5.74, 6) is -1.47. The number of halogens is 4. The van der Waals surface area contributed by atoms with Gasteiger partial charge in [-0.2, -0.15) is 6.07 Å². The predicted octanol–water partition coefficient (Wildman–Crippen LogP) is 18.6. The van der Waals surface area contributed by atoms with Crippen molar-refractivity contribution < 1.29 is 43.4 Å². The van der Waals surface area contributed by atoms with E-state index in [0.29, 0.717) is 39.7 Å². The molecule has 3 aromatic heterocycles. The van der Waals surface area contributed by atoms with Crippen LogP contribution >= 0.6 is 0 Å². The average Bonchev–Trinajstić information content (AvgIpc) is 4.21. The van der Waals surface area contributed by atoms with Gasteiger partial charge in [0.15, 0.2) is 0 Å². The Hall–Kier alpha value is -8.46. The van der Waals surface area contributed by atoms with Crippen LogP contribution in [0.15, 0.2) is 188 Å². The van der Waals surface area contributed by atoms with E-state index in [9.17, 15) is 0 Å². The second-order valence-corrected chi connectivity index (χ2v) is 22.0. The topological polar surface area (TPSA) is 38.5 Å². The molecule has 0 bridgehead atoms. The maximum Gasteiger partial charge on any atom is 0.135 e. The van der Waals surface area contributed by atoms with E-state index in [2.05, 4.69) is 103 Å². The van der Waals surface area contributed by atoms with Gasteiger partial charge in [0.05, 0.1) is 11.0 Å². The van der Waals surface area contributed by atoms with E-state index in [4.69, 9.17) is 9.72 Å². The summed E-state index contributed by atoms with van der Waals surface area (Å²) in [5.41, 5.74) is 9.68. The van der Waals surface area contributed by atoms with Crippen LogP contribution in [0.1, 0.15) is 52.7 Å². The minimum absolute atomic E-state index is 0. The van der Waals surface area contributed by atoms with Crippen molar-refractivity contribution in [2.24, 2.45) is 0 Å². The molecular formula is C68H50F4N5OPt-3. The van der Waals surface area contributed by atoms with Crippen LogP contribution in [0.5, 0.6) is 11.5 Å². The van der Waals surface area contributed by atoms with Crippen molar-refractivity contribution in [3.63, 3.8) is 0 Å². The third kappa shape index (κ3) is 9.12. The number of para-hydroxylation sites is 5. The van der Waals surface area contributed by atoms with Crippen molar-refractivity contribution in [2.75, 3.05) is 9.80 Å². The van der Waals surface area contributed by atoms with E-state index in [1.807, 2.05) is 128 Å². The van der Waals surface area contributed by atoms with E-state index in [1.165, 1.54) is 24.3 Å². The summed E-state index contributed by atoms with van der Waals surface area (Å²) in [6.45, 7) is 14.5. The number of nitrogens with zero attached hydrogens (tertiary/aromatic N) is 5. The van der Waals surface area contributed by atoms with Crippen LogP contribution in [0.2, 0.25) is 0 Å².